The van der Waals surface area contributed by atoms with Gasteiger partial charge < -0.3 is 14.8 Å². The first kappa shape index (κ1) is 14.1. The summed E-state index contributed by atoms with van der Waals surface area (Å²) in [6.45, 7) is 4.98. The molecule has 0 amide bonds. The van der Waals surface area contributed by atoms with Gasteiger partial charge in [-0.15, -0.1) is 0 Å². The topological polar surface area (TPSA) is 30.5 Å². The molecule has 1 rings (SSSR count). The van der Waals surface area contributed by atoms with Gasteiger partial charge in [-0.2, -0.15) is 0 Å². The van der Waals surface area contributed by atoms with Gasteiger partial charge in [-0.1, -0.05) is 13.0 Å². The molecule has 0 radical (unpaired) electrons. The van der Waals surface area contributed by atoms with Crippen molar-refractivity contribution in [3.05, 3.63) is 35.1 Å². The lowest BCUT2D eigenvalue weighted by atomic mass is 10.1. The quantitative estimate of drug-likeness (QED) is 0.707. The fourth-order valence-corrected chi connectivity index (χ4v) is 1.44. The minimum Gasteiger partial charge on any atom is -0.382 e. The van der Waals surface area contributed by atoms with Crippen molar-refractivity contribution < 1.29 is 13.9 Å². The summed E-state index contributed by atoms with van der Waals surface area (Å²) < 4.78 is 23.6. The zero-order chi connectivity index (χ0) is 12.5. The average Bonchev–Trinajstić information content (AvgIpc) is 2.35. The van der Waals surface area contributed by atoms with Gasteiger partial charge in [0.15, 0.2) is 0 Å². The van der Waals surface area contributed by atoms with E-state index in [1.54, 1.807) is 13.2 Å². The highest BCUT2D eigenvalue weighted by Crippen LogP contribution is 2.11. The first-order valence-corrected chi connectivity index (χ1v) is 5.82. The van der Waals surface area contributed by atoms with Crippen LogP contribution in [0.4, 0.5) is 4.39 Å². The number of halogens is 1. The van der Waals surface area contributed by atoms with Crippen molar-refractivity contribution in [1.29, 1.82) is 0 Å². The molecule has 0 unspecified atom stereocenters. The Bertz CT molecular complexity index is 331. The molecule has 3 nitrogen and oxygen atoms in total. The molecule has 0 aliphatic heterocycles. The third-order valence-electron chi connectivity index (χ3n) is 2.38. The van der Waals surface area contributed by atoms with E-state index in [9.17, 15) is 4.39 Å². The van der Waals surface area contributed by atoms with Crippen molar-refractivity contribution in [2.45, 2.75) is 20.1 Å². The van der Waals surface area contributed by atoms with E-state index in [1.807, 2.05) is 13.0 Å². The van der Waals surface area contributed by atoms with Crippen molar-refractivity contribution >= 4 is 0 Å². The van der Waals surface area contributed by atoms with Crippen LogP contribution in [0.2, 0.25) is 0 Å². The Morgan fingerprint density at radius 2 is 2.12 bits per heavy atom. The van der Waals surface area contributed by atoms with Crippen LogP contribution in [0.15, 0.2) is 18.2 Å². The zero-order valence-electron chi connectivity index (χ0n) is 10.5. The van der Waals surface area contributed by atoms with Crippen molar-refractivity contribution in [2.24, 2.45) is 0 Å². The molecular weight excluding hydrogens is 221 g/mol. The van der Waals surface area contributed by atoms with E-state index in [1.165, 1.54) is 6.07 Å². The highest BCUT2D eigenvalue weighted by Gasteiger charge is 2.03. The SMILES string of the molecule is CCNCc1ccc(F)c(COCCOC)c1. The Labute approximate surface area is 102 Å². The molecule has 0 fully saturated rings. The normalized spacial score (nSPS) is 10.8. The summed E-state index contributed by atoms with van der Waals surface area (Å²) in [5.74, 6) is -0.220. The van der Waals surface area contributed by atoms with Gasteiger partial charge in [0.25, 0.3) is 0 Å². The molecule has 0 aromatic heterocycles. The number of methoxy groups -OCH3 is 1. The van der Waals surface area contributed by atoms with Gasteiger partial charge in [0.2, 0.25) is 0 Å². The number of nitrogens with one attached hydrogen (secondary N) is 1. The van der Waals surface area contributed by atoms with Gasteiger partial charge in [0.05, 0.1) is 19.8 Å². The Balaban J connectivity index is 2.50. The first-order valence-electron chi connectivity index (χ1n) is 5.82. The fourth-order valence-electron chi connectivity index (χ4n) is 1.44. The van der Waals surface area contributed by atoms with E-state index in [0.717, 1.165) is 18.7 Å². The zero-order valence-corrected chi connectivity index (χ0v) is 10.5. The molecular formula is C13H20FNO2. The molecule has 0 saturated heterocycles. The monoisotopic (exact) mass is 241 g/mol. The Hall–Kier alpha value is -0.970. The van der Waals surface area contributed by atoms with Crippen LogP contribution in [-0.2, 0) is 22.6 Å². The number of benzene rings is 1. The maximum Gasteiger partial charge on any atom is 0.128 e. The smallest absolute Gasteiger partial charge is 0.128 e. The molecule has 1 N–H and O–H groups in total. The molecule has 0 bridgehead atoms. The summed E-state index contributed by atoms with van der Waals surface area (Å²) in [5.41, 5.74) is 1.66. The Morgan fingerprint density at radius 3 is 2.82 bits per heavy atom. The standard InChI is InChI=1S/C13H20FNO2/c1-3-15-9-11-4-5-13(14)12(8-11)10-17-7-6-16-2/h4-5,8,15H,3,6-7,9-10H2,1-2H3. The Morgan fingerprint density at radius 1 is 1.29 bits per heavy atom. The summed E-state index contributed by atoms with van der Waals surface area (Å²) >= 11 is 0. The largest absolute Gasteiger partial charge is 0.382 e. The van der Waals surface area contributed by atoms with Gasteiger partial charge in [-0.3, -0.25) is 0 Å². The number of ether oxygens (including phenoxy) is 2. The van der Waals surface area contributed by atoms with Gasteiger partial charge >= 0.3 is 0 Å². The van der Waals surface area contributed by atoms with Crippen LogP contribution >= 0.6 is 0 Å². The van der Waals surface area contributed by atoms with E-state index in [2.05, 4.69) is 5.32 Å². The maximum atomic E-state index is 13.5. The summed E-state index contributed by atoms with van der Waals surface area (Å²) in [4.78, 5) is 0. The molecule has 0 saturated carbocycles. The van der Waals surface area contributed by atoms with Crippen LogP contribution < -0.4 is 5.32 Å². The molecule has 1 aromatic rings. The van der Waals surface area contributed by atoms with Crippen LogP contribution in [0.1, 0.15) is 18.1 Å². The maximum absolute atomic E-state index is 13.5. The van der Waals surface area contributed by atoms with E-state index < -0.39 is 0 Å². The summed E-state index contributed by atoms with van der Waals surface area (Å²) in [7, 11) is 1.61. The van der Waals surface area contributed by atoms with Crippen molar-refractivity contribution in [3.8, 4) is 0 Å². The lowest BCUT2D eigenvalue weighted by Crippen LogP contribution is -2.12. The fraction of sp³-hybridized carbons (Fsp3) is 0.538. The minimum absolute atomic E-state index is 0.220. The third-order valence-corrected chi connectivity index (χ3v) is 2.38. The van der Waals surface area contributed by atoms with Gasteiger partial charge in [-0.05, 0) is 24.2 Å². The molecule has 96 valence electrons. The predicted molar refractivity (Wildman–Crippen MR) is 65.3 cm³/mol. The molecule has 0 aliphatic carbocycles. The second-order valence-electron chi connectivity index (χ2n) is 3.75. The number of hydrogen-bond acceptors (Lipinski definition) is 3. The van der Waals surface area contributed by atoms with Gasteiger partial charge in [0.1, 0.15) is 5.82 Å². The van der Waals surface area contributed by atoms with Crippen LogP contribution in [0.25, 0.3) is 0 Å². The molecule has 0 atom stereocenters. The van der Waals surface area contributed by atoms with E-state index >= 15 is 0 Å². The predicted octanol–water partition coefficient (Wildman–Crippen LogP) is 2.10. The number of hydrogen-bond donors (Lipinski definition) is 1. The first-order chi connectivity index (χ1) is 8.27. The molecule has 4 heteroatoms. The lowest BCUT2D eigenvalue weighted by molar-refractivity contribution is 0.0604. The third kappa shape index (κ3) is 5.26. The van der Waals surface area contributed by atoms with Crippen molar-refractivity contribution in [2.75, 3.05) is 26.9 Å². The average molecular weight is 241 g/mol. The molecule has 17 heavy (non-hydrogen) atoms. The molecule has 1 aromatic carbocycles. The molecule has 0 heterocycles. The highest BCUT2D eigenvalue weighted by molar-refractivity contribution is 5.24. The van der Waals surface area contributed by atoms with Crippen molar-refractivity contribution in [1.82, 2.24) is 5.32 Å². The van der Waals surface area contributed by atoms with Gasteiger partial charge in [-0.25, -0.2) is 4.39 Å². The minimum atomic E-state index is -0.220. The van der Waals surface area contributed by atoms with E-state index in [0.29, 0.717) is 18.8 Å². The van der Waals surface area contributed by atoms with E-state index in [4.69, 9.17) is 9.47 Å². The van der Waals surface area contributed by atoms with Gasteiger partial charge in [0, 0.05) is 19.2 Å². The number of rotatable bonds is 8. The molecule has 0 aliphatic rings. The van der Waals surface area contributed by atoms with E-state index in [-0.39, 0.29) is 12.4 Å². The highest BCUT2D eigenvalue weighted by atomic mass is 19.1. The van der Waals surface area contributed by atoms with Crippen LogP contribution in [0.3, 0.4) is 0 Å². The second kappa shape index (κ2) is 8.17. The summed E-state index contributed by atoms with van der Waals surface area (Å²) in [6, 6.07) is 5.11. The van der Waals surface area contributed by atoms with Crippen LogP contribution in [0, 0.1) is 5.82 Å². The summed E-state index contributed by atoms with van der Waals surface area (Å²) in [6.07, 6.45) is 0. The van der Waals surface area contributed by atoms with Crippen LogP contribution in [-0.4, -0.2) is 26.9 Å². The van der Waals surface area contributed by atoms with Crippen molar-refractivity contribution in [3.63, 3.8) is 0 Å². The second-order valence-corrected chi connectivity index (χ2v) is 3.75. The lowest BCUT2D eigenvalue weighted by Gasteiger charge is -2.08. The molecule has 0 spiro atoms. The van der Waals surface area contributed by atoms with Crippen LogP contribution in [0.5, 0.6) is 0 Å². The Kier molecular flexibility index (Phi) is 6.77. The summed E-state index contributed by atoms with van der Waals surface area (Å²) in [5, 5.41) is 3.20.